The lowest BCUT2D eigenvalue weighted by Crippen LogP contribution is -2.44. The van der Waals surface area contributed by atoms with Gasteiger partial charge in [-0.1, -0.05) is 0 Å². The van der Waals surface area contributed by atoms with E-state index in [1.165, 1.54) is 6.07 Å². The van der Waals surface area contributed by atoms with Crippen molar-refractivity contribution in [2.45, 2.75) is 13.0 Å². The molecule has 0 saturated carbocycles. The van der Waals surface area contributed by atoms with Gasteiger partial charge in [-0.05, 0) is 28.9 Å². The van der Waals surface area contributed by atoms with Gasteiger partial charge >= 0.3 is 0 Å². The number of benzene rings is 1. The van der Waals surface area contributed by atoms with E-state index in [1.807, 2.05) is 6.92 Å². The third kappa shape index (κ3) is 1.63. The molecule has 0 aliphatic carbocycles. The summed E-state index contributed by atoms with van der Waals surface area (Å²) in [6.45, 7) is 2.69. The van der Waals surface area contributed by atoms with Crippen molar-refractivity contribution in [1.82, 2.24) is 0 Å². The second-order valence-electron chi connectivity index (χ2n) is 4.90. The molecule has 2 atom stereocenters. The van der Waals surface area contributed by atoms with Crippen LogP contribution in [0.5, 0.6) is 0 Å². The molecular weight excluding hydrogens is 303 g/mol. The summed E-state index contributed by atoms with van der Waals surface area (Å²) in [6.07, 6.45) is 0. The van der Waals surface area contributed by atoms with Gasteiger partial charge in [-0.3, -0.25) is 4.79 Å². The number of amides is 1. The number of hydrogen-bond acceptors (Lipinski definition) is 3. The van der Waals surface area contributed by atoms with Gasteiger partial charge in [-0.25, -0.2) is 4.39 Å². The van der Waals surface area contributed by atoms with E-state index in [2.05, 4.69) is 26.6 Å². The molecule has 0 bridgehead atoms. The molecular formula is C12H12BrFN2O2. The minimum Gasteiger partial charge on any atom is -0.378 e. The fraction of sp³-hybridized carbons (Fsp3) is 0.417. The van der Waals surface area contributed by atoms with Gasteiger partial charge in [-0.15, -0.1) is 0 Å². The number of ether oxygens (including phenoxy) is 1. The molecule has 4 nitrogen and oxygen atoms in total. The SMILES string of the molecule is CC12COCC1Nc1cc(Br)c(F)cc1NC2=O. The van der Waals surface area contributed by atoms with E-state index >= 15 is 0 Å². The van der Waals surface area contributed by atoms with Gasteiger partial charge < -0.3 is 15.4 Å². The molecule has 1 aromatic rings. The summed E-state index contributed by atoms with van der Waals surface area (Å²) < 4.78 is 19.2. The number of nitrogens with one attached hydrogen (secondary N) is 2. The Hall–Kier alpha value is -1.14. The minimum absolute atomic E-state index is 0.101. The van der Waals surface area contributed by atoms with Crippen molar-refractivity contribution < 1.29 is 13.9 Å². The Balaban J connectivity index is 2.08. The Morgan fingerprint density at radius 1 is 1.50 bits per heavy atom. The van der Waals surface area contributed by atoms with Crippen molar-refractivity contribution in [1.29, 1.82) is 0 Å². The molecule has 2 heterocycles. The van der Waals surface area contributed by atoms with Crippen LogP contribution < -0.4 is 10.6 Å². The predicted octanol–water partition coefficient (Wildman–Crippen LogP) is 2.36. The van der Waals surface area contributed by atoms with Crippen LogP contribution in [-0.4, -0.2) is 25.2 Å². The van der Waals surface area contributed by atoms with Crippen LogP contribution in [0.1, 0.15) is 6.92 Å². The first kappa shape index (κ1) is 11.9. The first-order chi connectivity index (χ1) is 8.50. The Morgan fingerprint density at radius 2 is 2.28 bits per heavy atom. The summed E-state index contributed by atoms with van der Waals surface area (Å²) in [5, 5.41) is 6.02. The summed E-state index contributed by atoms with van der Waals surface area (Å²) in [5.41, 5.74) is 0.550. The van der Waals surface area contributed by atoms with Crippen LogP contribution in [-0.2, 0) is 9.53 Å². The number of fused-ring (bicyclic) bond motifs is 2. The first-order valence-corrected chi connectivity index (χ1v) is 6.45. The van der Waals surface area contributed by atoms with Gasteiger partial charge in [0.25, 0.3) is 0 Å². The van der Waals surface area contributed by atoms with Crippen molar-refractivity contribution in [3.63, 3.8) is 0 Å². The first-order valence-electron chi connectivity index (χ1n) is 5.65. The molecule has 2 unspecified atom stereocenters. The fourth-order valence-electron chi connectivity index (χ4n) is 2.32. The van der Waals surface area contributed by atoms with Crippen molar-refractivity contribution in [3.05, 3.63) is 22.4 Å². The van der Waals surface area contributed by atoms with Crippen molar-refractivity contribution >= 4 is 33.2 Å². The van der Waals surface area contributed by atoms with E-state index in [0.717, 1.165) is 0 Å². The van der Waals surface area contributed by atoms with Crippen LogP contribution in [0.15, 0.2) is 16.6 Å². The third-order valence-corrected chi connectivity index (χ3v) is 4.22. The fourth-order valence-corrected chi connectivity index (χ4v) is 2.66. The van der Waals surface area contributed by atoms with E-state index < -0.39 is 11.2 Å². The quantitative estimate of drug-likeness (QED) is 0.773. The lowest BCUT2D eigenvalue weighted by atomic mass is 9.84. The Morgan fingerprint density at radius 3 is 3.06 bits per heavy atom. The summed E-state index contributed by atoms with van der Waals surface area (Å²) in [6, 6.07) is 2.85. The zero-order valence-electron chi connectivity index (χ0n) is 9.72. The highest BCUT2D eigenvalue weighted by Crippen LogP contribution is 2.39. The van der Waals surface area contributed by atoms with Crippen LogP contribution in [0, 0.1) is 11.2 Å². The van der Waals surface area contributed by atoms with Gasteiger partial charge in [0.15, 0.2) is 0 Å². The zero-order chi connectivity index (χ0) is 12.9. The van der Waals surface area contributed by atoms with Gasteiger partial charge in [0, 0.05) is 6.07 Å². The molecule has 1 saturated heterocycles. The molecule has 2 aliphatic heterocycles. The van der Waals surface area contributed by atoms with Gasteiger partial charge in [-0.2, -0.15) is 0 Å². The summed E-state index contributed by atoms with van der Waals surface area (Å²) in [7, 11) is 0. The molecule has 6 heteroatoms. The Labute approximate surface area is 112 Å². The van der Waals surface area contributed by atoms with E-state index in [4.69, 9.17) is 4.74 Å². The molecule has 2 aliphatic rings. The monoisotopic (exact) mass is 314 g/mol. The standard InChI is InChI=1S/C12H12BrFN2O2/c1-12-5-18-4-10(12)15-8-2-6(13)7(14)3-9(8)16-11(12)17/h2-3,10,15H,4-5H2,1H3,(H,16,17). The zero-order valence-corrected chi connectivity index (χ0v) is 11.3. The number of hydrogen-bond donors (Lipinski definition) is 2. The molecule has 1 amide bonds. The second kappa shape index (κ2) is 3.93. The summed E-state index contributed by atoms with van der Waals surface area (Å²) >= 11 is 3.14. The predicted molar refractivity (Wildman–Crippen MR) is 69.1 cm³/mol. The number of halogens is 2. The van der Waals surface area contributed by atoms with Crippen molar-refractivity contribution in [3.8, 4) is 0 Å². The van der Waals surface area contributed by atoms with Gasteiger partial charge in [0.2, 0.25) is 5.91 Å². The van der Waals surface area contributed by atoms with E-state index in [1.54, 1.807) is 6.07 Å². The topological polar surface area (TPSA) is 50.4 Å². The van der Waals surface area contributed by atoms with E-state index in [9.17, 15) is 9.18 Å². The molecule has 1 fully saturated rings. The maximum absolute atomic E-state index is 13.5. The molecule has 18 heavy (non-hydrogen) atoms. The largest absolute Gasteiger partial charge is 0.378 e. The van der Waals surface area contributed by atoms with Crippen molar-refractivity contribution in [2.75, 3.05) is 23.8 Å². The highest BCUT2D eigenvalue weighted by Gasteiger charge is 2.48. The molecule has 0 radical (unpaired) electrons. The number of anilines is 2. The maximum Gasteiger partial charge on any atom is 0.234 e. The lowest BCUT2D eigenvalue weighted by molar-refractivity contribution is -0.124. The highest BCUT2D eigenvalue weighted by molar-refractivity contribution is 9.10. The number of carbonyl (C=O) groups excluding carboxylic acids is 1. The summed E-state index contributed by atoms with van der Waals surface area (Å²) in [5.74, 6) is -0.540. The molecule has 96 valence electrons. The average molecular weight is 315 g/mol. The van der Waals surface area contributed by atoms with Crippen LogP contribution in [0.25, 0.3) is 0 Å². The van der Waals surface area contributed by atoms with Gasteiger partial charge in [0.05, 0.1) is 40.5 Å². The van der Waals surface area contributed by atoms with E-state index in [-0.39, 0.29) is 11.9 Å². The minimum atomic E-state index is -0.623. The van der Waals surface area contributed by atoms with Crippen LogP contribution in [0.2, 0.25) is 0 Å². The van der Waals surface area contributed by atoms with Crippen LogP contribution >= 0.6 is 15.9 Å². The Kier molecular flexibility index (Phi) is 2.60. The van der Waals surface area contributed by atoms with Gasteiger partial charge in [0.1, 0.15) is 5.82 Å². The normalized spacial score (nSPS) is 29.9. The smallest absolute Gasteiger partial charge is 0.234 e. The highest BCUT2D eigenvalue weighted by atomic mass is 79.9. The van der Waals surface area contributed by atoms with Crippen LogP contribution in [0.3, 0.4) is 0 Å². The molecule has 0 spiro atoms. The maximum atomic E-state index is 13.5. The molecule has 1 aromatic carbocycles. The lowest BCUT2D eigenvalue weighted by Gasteiger charge is -2.25. The Bertz CT molecular complexity index is 537. The number of rotatable bonds is 0. The van der Waals surface area contributed by atoms with Crippen LogP contribution in [0.4, 0.5) is 15.8 Å². The second-order valence-corrected chi connectivity index (χ2v) is 5.75. The number of carbonyl (C=O) groups is 1. The summed E-state index contributed by atoms with van der Waals surface area (Å²) in [4.78, 5) is 12.2. The van der Waals surface area contributed by atoms with E-state index in [0.29, 0.717) is 29.1 Å². The van der Waals surface area contributed by atoms with Crippen molar-refractivity contribution in [2.24, 2.45) is 5.41 Å². The molecule has 2 N–H and O–H groups in total. The molecule has 3 rings (SSSR count). The third-order valence-electron chi connectivity index (χ3n) is 3.61. The average Bonchev–Trinajstić information content (AvgIpc) is 2.64. The molecule has 0 aromatic heterocycles.